The SMILES string of the molecule is O=C(O)CN(Cc1ccccn1)[C@H]1CCCCC1N(CC(=O)Nc1cccc(C(F)(F)F)c1)Cc1ccccn1. The maximum Gasteiger partial charge on any atom is 0.416 e. The Kier molecular flexibility index (Phi) is 9.84. The molecule has 11 heteroatoms. The van der Waals surface area contributed by atoms with E-state index in [1.54, 1.807) is 24.5 Å². The molecule has 1 fully saturated rings. The van der Waals surface area contributed by atoms with Crippen molar-refractivity contribution in [2.75, 3.05) is 18.4 Å². The zero-order valence-corrected chi connectivity index (χ0v) is 21.9. The van der Waals surface area contributed by atoms with Gasteiger partial charge in [0.1, 0.15) is 0 Å². The summed E-state index contributed by atoms with van der Waals surface area (Å²) in [6.45, 7) is 0.370. The summed E-state index contributed by atoms with van der Waals surface area (Å²) in [5.41, 5.74) is 0.683. The van der Waals surface area contributed by atoms with Crippen LogP contribution in [0.3, 0.4) is 0 Å². The van der Waals surface area contributed by atoms with Crippen molar-refractivity contribution in [3.8, 4) is 0 Å². The number of carboxylic acid groups (broad SMARTS) is 1. The van der Waals surface area contributed by atoms with E-state index in [0.717, 1.165) is 49.2 Å². The summed E-state index contributed by atoms with van der Waals surface area (Å²) in [6, 6.07) is 15.1. The highest BCUT2D eigenvalue weighted by Gasteiger charge is 2.36. The van der Waals surface area contributed by atoms with Crippen molar-refractivity contribution in [1.82, 2.24) is 19.8 Å². The first-order chi connectivity index (χ1) is 19.2. The summed E-state index contributed by atoms with van der Waals surface area (Å²) in [7, 11) is 0. The Labute approximate surface area is 230 Å². The van der Waals surface area contributed by atoms with Crippen molar-refractivity contribution < 1.29 is 27.9 Å². The minimum absolute atomic E-state index is 0.0560. The fourth-order valence-corrected chi connectivity index (χ4v) is 5.26. The van der Waals surface area contributed by atoms with Crippen LogP contribution in [0.5, 0.6) is 0 Å². The van der Waals surface area contributed by atoms with Gasteiger partial charge in [0.05, 0.1) is 30.0 Å². The molecule has 2 atom stereocenters. The van der Waals surface area contributed by atoms with Gasteiger partial charge in [-0.15, -0.1) is 0 Å². The van der Waals surface area contributed by atoms with Crippen LogP contribution in [-0.4, -0.2) is 61.9 Å². The van der Waals surface area contributed by atoms with Gasteiger partial charge in [0.2, 0.25) is 5.91 Å². The number of carbonyl (C=O) groups is 2. The van der Waals surface area contributed by atoms with Gasteiger partial charge in [0.25, 0.3) is 0 Å². The number of nitrogens with one attached hydrogen (secondary N) is 1. The molecule has 2 N–H and O–H groups in total. The highest BCUT2D eigenvalue weighted by molar-refractivity contribution is 5.92. The number of carboxylic acids is 1. The number of alkyl halides is 3. The van der Waals surface area contributed by atoms with Gasteiger partial charge >= 0.3 is 12.1 Å². The fraction of sp³-hybridized carbons (Fsp3) is 0.379. The number of aromatic nitrogens is 2. The predicted octanol–water partition coefficient (Wildman–Crippen LogP) is 4.83. The number of hydrogen-bond acceptors (Lipinski definition) is 6. The molecule has 0 saturated heterocycles. The van der Waals surface area contributed by atoms with Gasteiger partial charge in [-0.2, -0.15) is 13.2 Å². The monoisotopic (exact) mass is 555 g/mol. The van der Waals surface area contributed by atoms with Crippen LogP contribution in [0.15, 0.2) is 73.1 Å². The molecule has 0 aliphatic heterocycles. The lowest BCUT2D eigenvalue weighted by Crippen LogP contribution is -2.55. The normalized spacial score (nSPS) is 17.6. The highest BCUT2D eigenvalue weighted by Crippen LogP contribution is 2.31. The second kappa shape index (κ2) is 13.5. The van der Waals surface area contributed by atoms with E-state index in [2.05, 4.69) is 15.3 Å². The van der Waals surface area contributed by atoms with Gasteiger partial charge < -0.3 is 10.4 Å². The Balaban J connectivity index is 1.59. The van der Waals surface area contributed by atoms with Gasteiger partial charge in [-0.05, 0) is 55.3 Å². The first kappa shape index (κ1) is 29.2. The largest absolute Gasteiger partial charge is 0.480 e. The molecule has 1 aliphatic rings. The Hall–Kier alpha value is -3.83. The van der Waals surface area contributed by atoms with Crippen molar-refractivity contribution in [2.45, 2.75) is 57.0 Å². The topological polar surface area (TPSA) is 98.7 Å². The number of benzene rings is 1. The van der Waals surface area contributed by atoms with E-state index < -0.39 is 23.6 Å². The van der Waals surface area contributed by atoms with Crippen LogP contribution in [0.2, 0.25) is 0 Å². The summed E-state index contributed by atoms with van der Waals surface area (Å²) in [6.07, 6.45) is 2.07. The third-order valence-electron chi connectivity index (χ3n) is 6.97. The van der Waals surface area contributed by atoms with Gasteiger partial charge in [-0.25, -0.2) is 0 Å². The van der Waals surface area contributed by atoms with Gasteiger partial charge in [0, 0.05) is 43.3 Å². The summed E-state index contributed by atoms with van der Waals surface area (Å²) >= 11 is 0. The molecule has 1 amide bonds. The molecule has 1 aliphatic carbocycles. The van der Waals surface area contributed by atoms with E-state index >= 15 is 0 Å². The van der Waals surface area contributed by atoms with Crippen molar-refractivity contribution in [1.29, 1.82) is 0 Å². The van der Waals surface area contributed by atoms with Crippen LogP contribution in [0.1, 0.15) is 42.6 Å². The maximum absolute atomic E-state index is 13.2. The van der Waals surface area contributed by atoms with Crippen LogP contribution in [0.4, 0.5) is 18.9 Å². The predicted molar refractivity (Wildman–Crippen MR) is 143 cm³/mol. The summed E-state index contributed by atoms with van der Waals surface area (Å²) in [4.78, 5) is 37.7. The minimum atomic E-state index is -4.53. The smallest absolute Gasteiger partial charge is 0.416 e. The highest BCUT2D eigenvalue weighted by atomic mass is 19.4. The number of hydrogen-bond donors (Lipinski definition) is 2. The molecule has 1 unspecified atom stereocenters. The summed E-state index contributed by atoms with van der Waals surface area (Å²) in [5.74, 6) is -1.42. The number of aliphatic carboxylic acids is 1. The molecule has 0 bridgehead atoms. The molecular formula is C29H32F3N5O3. The first-order valence-electron chi connectivity index (χ1n) is 13.2. The molecule has 3 aromatic rings. The Morgan fingerprint density at radius 3 is 1.93 bits per heavy atom. The average molecular weight is 556 g/mol. The van der Waals surface area contributed by atoms with E-state index in [1.165, 1.54) is 12.1 Å². The first-order valence-corrected chi connectivity index (χ1v) is 13.2. The van der Waals surface area contributed by atoms with Crippen LogP contribution in [0, 0.1) is 0 Å². The second-order valence-corrected chi connectivity index (χ2v) is 9.89. The van der Waals surface area contributed by atoms with Crippen LogP contribution in [0.25, 0.3) is 0 Å². The zero-order chi connectivity index (χ0) is 28.5. The van der Waals surface area contributed by atoms with E-state index in [0.29, 0.717) is 13.1 Å². The maximum atomic E-state index is 13.2. The van der Waals surface area contributed by atoms with E-state index in [-0.39, 0.29) is 30.9 Å². The summed E-state index contributed by atoms with van der Waals surface area (Å²) < 4.78 is 39.6. The van der Waals surface area contributed by atoms with Crippen LogP contribution < -0.4 is 5.32 Å². The number of anilines is 1. The van der Waals surface area contributed by atoms with Crippen molar-refractivity contribution in [3.63, 3.8) is 0 Å². The lowest BCUT2D eigenvalue weighted by Gasteiger charge is -2.44. The van der Waals surface area contributed by atoms with Gasteiger partial charge in [0.15, 0.2) is 0 Å². The molecular weight excluding hydrogens is 523 g/mol. The lowest BCUT2D eigenvalue weighted by atomic mass is 9.87. The molecule has 2 heterocycles. The third-order valence-corrected chi connectivity index (χ3v) is 6.97. The quantitative estimate of drug-likeness (QED) is 0.350. The molecule has 0 radical (unpaired) electrons. The Bertz CT molecular complexity index is 1260. The van der Waals surface area contributed by atoms with E-state index in [9.17, 15) is 27.9 Å². The van der Waals surface area contributed by atoms with Gasteiger partial charge in [-0.1, -0.05) is 31.0 Å². The second-order valence-electron chi connectivity index (χ2n) is 9.89. The van der Waals surface area contributed by atoms with Crippen molar-refractivity contribution in [2.24, 2.45) is 0 Å². The molecule has 4 rings (SSSR count). The molecule has 40 heavy (non-hydrogen) atoms. The number of carbonyl (C=O) groups excluding carboxylic acids is 1. The van der Waals surface area contributed by atoms with Crippen LogP contribution >= 0.6 is 0 Å². The number of pyridine rings is 2. The fourth-order valence-electron chi connectivity index (χ4n) is 5.26. The molecule has 1 aromatic carbocycles. The lowest BCUT2D eigenvalue weighted by molar-refractivity contribution is -0.140. The minimum Gasteiger partial charge on any atom is -0.480 e. The zero-order valence-electron chi connectivity index (χ0n) is 21.9. The molecule has 8 nitrogen and oxygen atoms in total. The van der Waals surface area contributed by atoms with E-state index in [1.807, 2.05) is 34.1 Å². The number of rotatable bonds is 11. The molecule has 1 saturated carbocycles. The standard InChI is InChI=1S/C29H32F3N5O3/c30-29(31,32)21-8-7-11-22(16-21)35-27(38)19-36(17-23-9-3-5-14-33-23)25-12-1-2-13-26(25)37(20-28(39)40)18-24-10-4-6-15-34-24/h3-11,14-16,25-26H,1-2,12-13,17-20H2,(H,35,38)(H,39,40)/t25?,26-/m0/s1. The van der Waals surface area contributed by atoms with Crippen molar-refractivity contribution >= 4 is 17.6 Å². The molecule has 2 aromatic heterocycles. The number of halogens is 3. The Morgan fingerprint density at radius 1 is 0.850 bits per heavy atom. The third kappa shape index (κ3) is 8.33. The molecule has 212 valence electrons. The average Bonchev–Trinajstić information content (AvgIpc) is 2.93. The van der Waals surface area contributed by atoms with Crippen LogP contribution in [-0.2, 0) is 28.9 Å². The number of nitrogens with zero attached hydrogens (tertiary/aromatic N) is 4. The number of amides is 1. The summed E-state index contributed by atoms with van der Waals surface area (Å²) in [5, 5.41) is 12.3. The molecule has 0 spiro atoms. The Morgan fingerprint density at radius 2 is 1.43 bits per heavy atom. The van der Waals surface area contributed by atoms with E-state index in [4.69, 9.17) is 0 Å². The van der Waals surface area contributed by atoms with Gasteiger partial charge in [-0.3, -0.25) is 29.4 Å². The van der Waals surface area contributed by atoms with Crippen molar-refractivity contribution in [3.05, 3.63) is 90.0 Å².